The number of hydrogen-bond donors (Lipinski definition) is 1. The molecule has 0 radical (unpaired) electrons. The normalized spacial score (nSPS) is 24.9. The van der Waals surface area contributed by atoms with Gasteiger partial charge in [0.1, 0.15) is 4.21 Å². The summed E-state index contributed by atoms with van der Waals surface area (Å²) in [4.78, 5) is 0. The Kier molecular flexibility index (Phi) is 5.53. The SMILES string of the molecule is CCNCc1csc(S(=O)(=O)N2CC(C)SC(C)C2)c1. The highest BCUT2D eigenvalue weighted by Crippen LogP contribution is 2.31. The number of rotatable bonds is 5. The van der Waals surface area contributed by atoms with Crippen LogP contribution in [0.1, 0.15) is 26.3 Å². The number of nitrogens with one attached hydrogen (secondary N) is 1. The lowest BCUT2D eigenvalue weighted by molar-refractivity contribution is 0.406. The van der Waals surface area contributed by atoms with Crippen LogP contribution in [0.2, 0.25) is 0 Å². The van der Waals surface area contributed by atoms with E-state index in [0.717, 1.165) is 18.7 Å². The van der Waals surface area contributed by atoms with E-state index in [4.69, 9.17) is 0 Å². The van der Waals surface area contributed by atoms with Crippen LogP contribution < -0.4 is 5.32 Å². The molecule has 0 spiro atoms. The minimum Gasteiger partial charge on any atom is -0.313 e. The molecule has 0 bridgehead atoms. The molecule has 0 aromatic carbocycles. The Hall–Kier alpha value is -0.0800. The zero-order chi connectivity index (χ0) is 14.8. The molecule has 1 saturated heterocycles. The Morgan fingerprint density at radius 3 is 2.60 bits per heavy atom. The van der Waals surface area contributed by atoms with E-state index >= 15 is 0 Å². The van der Waals surface area contributed by atoms with Crippen molar-refractivity contribution in [3.63, 3.8) is 0 Å². The molecular weight excluding hydrogens is 312 g/mol. The molecule has 20 heavy (non-hydrogen) atoms. The van der Waals surface area contributed by atoms with Crippen molar-refractivity contribution < 1.29 is 8.42 Å². The summed E-state index contributed by atoms with van der Waals surface area (Å²) in [6.07, 6.45) is 0. The summed E-state index contributed by atoms with van der Waals surface area (Å²) in [7, 11) is -3.32. The quantitative estimate of drug-likeness (QED) is 0.898. The highest BCUT2D eigenvalue weighted by Gasteiger charge is 2.32. The summed E-state index contributed by atoms with van der Waals surface area (Å²) >= 11 is 3.19. The van der Waals surface area contributed by atoms with Gasteiger partial charge >= 0.3 is 0 Å². The summed E-state index contributed by atoms with van der Waals surface area (Å²) in [5.74, 6) is 0. The molecule has 4 nitrogen and oxygen atoms in total. The van der Waals surface area contributed by atoms with Crippen LogP contribution in [-0.4, -0.2) is 42.9 Å². The van der Waals surface area contributed by atoms with Gasteiger partial charge in [-0.1, -0.05) is 20.8 Å². The largest absolute Gasteiger partial charge is 0.313 e. The second-order valence-corrected chi connectivity index (χ2v) is 10.1. The number of hydrogen-bond acceptors (Lipinski definition) is 5. The molecule has 114 valence electrons. The van der Waals surface area contributed by atoms with E-state index in [9.17, 15) is 8.42 Å². The van der Waals surface area contributed by atoms with Crippen molar-refractivity contribution in [2.45, 2.75) is 42.0 Å². The predicted molar refractivity (Wildman–Crippen MR) is 87.0 cm³/mol. The Morgan fingerprint density at radius 1 is 1.35 bits per heavy atom. The first-order valence-corrected chi connectivity index (χ1v) is 10.1. The van der Waals surface area contributed by atoms with Gasteiger partial charge in [-0.05, 0) is 23.6 Å². The third kappa shape index (κ3) is 3.76. The molecule has 2 rings (SSSR count). The molecule has 1 aliphatic heterocycles. The predicted octanol–water partition coefficient (Wildman–Crippen LogP) is 2.37. The van der Waals surface area contributed by atoms with E-state index in [-0.39, 0.29) is 0 Å². The van der Waals surface area contributed by atoms with Crippen LogP contribution in [0.3, 0.4) is 0 Å². The Bertz CT molecular complexity index is 532. The maximum Gasteiger partial charge on any atom is 0.252 e. The first-order chi connectivity index (χ1) is 9.43. The molecule has 1 aromatic heterocycles. The summed E-state index contributed by atoms with van der Waals surface area (Å²) in [5, 5.41) is 5.86. The molecule has 7 heteroatoms. The fourth-order valence-electron chi connectivity index (χ4n) is 2.30. The van der Waals surface area contributed by atoms with Crippen molar-refractivity contribution in [1.82, 2.24) is 9.62 Å². The van der Waals surface area contributed by atoms with E-state index in [1.165, 1.54) is 11.3 Å². The van der Waals surface area contributed by atoms with Gasteiger partial charge in [0.25, 0.3) is 10.0 Å². The van der Waals surface area contributed by atoms with Crippen LogP contribution in [0, 0.1) is 0 Å². The smallest absolute Gasteiger partial charge is 0.252 e. The molecule has 2 heterocycles. The van der Waals surface area contributed by atoms with Crippen molar-refractivity contribution in [3.8, 4) is 0 Å². The zero-order valence-corrected chi connectivity index (χ0v) is 14.6. The second-order valence-electron chi connectivity index (χ2n) is 5.13. The van der Waals surface area contributed by atoms with Crippen molar-refractivity contribution in [2.24, 2.45) is 0 Å². The van der Waals surface area contributed by atoms with Gasteiger partial charge in [-0.15, -0.1) is 11.3 Å². The summed E-state index contributed by atoms with van der Waals surface area (Å²) in [6, 6.07) is 1.81. The van der Waals surface area contributed by atoms with Gasteiger partial charge in [-0.25, -0.2) is 8.42 Å². The van der Waals surface area contributed by atoms with Crippen molar-refractivity contribution in [3.05, 3.63) is 17.0 Å². The maximum absolute atomic E-state index is 12.7. The molecule has 2 unspecified atom stereocenters. The number of nitrogens with zero attached hydrogens (tertiary/aromatic N) is 1. The van der Waals surface area contributed by atoms with Gasteiger partial charge in [0.2, 0.25) is 0 Å². The number of thioether (sulfide) groups is 1. The molecule has 1 N–H and O–H groups in total. The van der Waals surface area contributed by atoms with E-state index < -0.39 is 10.0 Å². The Labute approximate surface area is 130 Å². The van der Waals surface area contributed by atoms with Gasteiger partial charge in [0.15, 0.2) is 0 Å². The highest BCUT2D eigenvalue weighted by molar-refractivity contribution is 8.00. The first-order valence-electron chi connectivity index (χ1n) is 6.87. The molecule has 0 amide bonds. The molecule has 1 aliphatic rings. The fourth-order valence-corrected chi connectivity index (χ4v) is 6.80. The van der Waals surface area contributed by atoms with E-state index in [2.05, 4.69) is 19.2 Å². The summed E-state index contributed by atoms with van der Waals surface area (Å²) in [5.41, 5.74) is 1.04. The van der Waals surface area contributed by atoms with Gasteiger partial charge in [0.05, 0.1) is 0 Å². The van der Waals surface area contributed by atoms with Gasteiger partial charge in [-0.3, -0.25) is 0 Å². The molecule has 1 aromatic rings. The van der Waals surface area contributed by atoms with Gasteiger partial charge < -0.3 is 5.32 Å². The van der Waals surface area contributed by atoms with Gasteiger partial charge in [0, 0.05) is 30.1 Å². The Morgan fingerprint density at radius 2 is 2.00 bits per heavy atom. The number of sulfonamides is 1. The maximum atomic E-state index is 12.7. The second kappa shape index (κ2) is 6.79. The van der Waals surface area contributed by atoms with E-state index in [1.54, 1.807) is 10.4 Å². The average molecular weight is 335 g/mol. The van der Waals surface area contributed by atoms with E-state index in [1.807, 2.05) is 24.1 Å². The topological polar surface area (TPSA) is 49.4 Å². The monoisotopic (exact) mass is 334 g/mol. The molecule has 1 fully saturated rings. The fraction of sp³-hybridized carbons (Fsp3) is 0.692. The first kappa shape index (κ1) is 16.3. The molecule has 0 saturated carbocycles. The number of thiophene rings is 1. The standard InChI is InChI=1S/C13H22N2O2S3/c1-4-14-6-12-5-13(18-9-12)20(16,17)15-7-10(2)19-11(3)8-15/h5,9-11,14H,4,6-8H2,1-3H3. The molecule has 0 aliphatic carbocycles. The minimum absolute atomic E-state index is 0.356. The van der Waals surface area contributed by atoms with Crippen LogP contribution in [0.5, 0.6) is 0 Å². The lowest BCUT2D eigenvalue weighted by atomic mass is 10.3. The van der Waals surface area contributed by atoms with Crippen LogP contribution in [-0.2, 0) is 16.6 Å². The van der Waals surface area contributed by atoms with Crippen LogP contribution in [0.15, 0.2) is 15.7 Å². The lowest BCUT2D eigenvalue weighted by Crippen LogP contribution is -2.43. The third-order valence-electron chi connectivity index (χ3n) is 3.19. The van der Waals surface area contributed by atoms with Crippen LogP contribution in [0.4, 0.5) is 0 Å². The van der Waals surface area contributed by atoms with Gasteiger partial charge in [-0.2, -0.15) is 16.1 Å². The van der Waals surface area contributed by atoms with Crippen LogP contribution >= 0.6 is 23.1 Å². The summed E-state index contributed by atoms with van der Waals surface area (Å²) < 4.78 is 27.5. The molecular formula is C13H22N2O2S3. The highest BCUT2D eigenvalue weighted by atomic mass is 32.2. The van der Waals surface area contributed by atoms with Crippen molar-refractivity contribution >= 4 is 33.1 Å². The third-order valence-corrected chi connectivity index (χ3v) is 7.71. The van der Waals surface area contributed by atoms with Crippen molar-refractivity contribution in [2.75, 3.05) is 19.6 Å². The minimum atomic E-state index is -3.32. The lowest BCUT2D eigenvalue weighted by Gasteiger charge is -2.33. The average Bonchev–Trinajstić information content (AvgIpc) is 2.84. The Balaban J connectivity index is 2.15. The summed E-state index contributed by atoms with van der Waals surface area (Å²) in [6.45, 7) is 9.05. The van der Waals surface area contributed by atoms with E-state index in [0.29, 0.717) is 27.8 Å². The zero-order valence-electron chi connectivity index (χ0n) is 12.1. The molecule has 2 atom stereocenters. The van der Waals surface area contributed by atoms with Crippen molar-refractivity contribution in [1.29, 1.82) is 0 Å². The van der Waals surface area contributed by atoms with Crippen LogP contribution in [0.25, 0.3) is 0 Å².